The molecule has 0 unspecified atom stereocenters. The third-order valence-corrected chi connectivity index (χ3v) is 6.53. The van der Waals surface area contributed by atoms with Crippen molar-refractivity contribution in [3.63, 3.8) is 0 Å². The summed E-state index contributed by atoms with van der Waals surface area (Å²) in [5, 5.41) is 3.74. The van der Waals surface area contributed by atoms with Crippen molar-refractivity contribution in [1.82, 2.24) is 0 Å². The summed E-state index contributed by atoms with van der Waals surface area (Å²) >= 11 is 1.38. The van der Waals surface area contributed by atoms with E-state index in [9.17, 15) is 13.2 Å². The van der Waals surface area contributed by atoms with Gasteiger partial charge in [0.1, 0.15) is 0 Å². The Labute approximate surface area is 157 Å². The number of amides is 1. The zero-order valence-corrected chi connectivity index (χ0v) is 16.4. The van der Waals surface area contributed by atoms with Crippen LogP contribution in [0.3, 0.4) is 0 Å². The van der Waals surface area contributed by atoms with Crippen LogP contribution >= 0.6 is 11.3 Å². The van der Waals surface area contributed by atoms with Crippen LogP contribution in [0.15, 0.2) is 48.5 Å². The zero-order valence-electron chi connectivity index (χ0n) is 14.8. The zero-order chi connectivity index (χ0) is 18.9. The normalized spacial score (nSPS) is 11.5. The molecule has 1 N–H and O–H groups in total. The fraction of sp³-hybridized carbons (Fsp3) is 0.211. The van der Waals surface area contributed by atoms with E-state index in [0.29, 0.717) is 10.6 Å². The molecule has 3 aromatic rings. The lowest BCUT2D eigenvalue weighted by Crippen LogP contribution is -2.24. The highest BCUT2D eigenvalue weighted by atomic mass is 32.2. The molecule has 0 aliphatic rings. The van der Waals surface area contributed by atoms with Gasteiger partial charge in [0.25, 0.3) is 5.91 Å². The van der Waals surface area contributed by atoms with Gasteiger partial charge in [-0.3, -0.25) is 9.10 Å². The number of carbonyl (C=O) groups is 1. The van der Waals surface area contributed by atoms with E-state index < -0.39 is 10.0 Å². The molecule has 0 saturated heterocycles. The van der Waals surface area contributed by atoms with Crippen molar-refractivity contribution in [3.8, 4) is 0 Å². The van der Waals surface area contributed by atoms with Crippen LogP contribution in [0, 0.1) is 0 Å². The van der Waals surface area contributed by atoms with Crippen molar-refractivity contribution in [2.75, 3.05) is 22.9 Å². The Bertz CT molecular complexity index is 1050. The molecule has 1 aromatic heterocycles. The SMILES string of the molecule is CCc1ccc(NC(=O)c2cc3cc(N(C)S(C)(=O)=O)ccc3s2)cc1. The number of benzene rings is 2. The first-order valence-electron chi connectivity index (χ1n) is 8.15. The minimum Gasteiger partial charge on any atom is -0.321 e. The third kappa shape index (κ3) is 3.89. The van der Waals surface area contributed by atoms with Gasteiger partial charge in [0.15, 0.2) is 0 Å². The fourth-order valence-corrected chi connectivity index (χ4v) is 3.98. The molecular weight excluding hydrogens is 368 g/mol. The maximum absolute atomic E-state index is 12.5. The minimum absolute atomic E-state index is 0.173. The summed E-state index contributed by atoms with van der Waals surface area (Å²) in [7, 11) is -1.81. The van der Waals surface area contributed by atoms with Crippen LogP contribution in [-0.2, 0) is 16.4 Å². The average molecular weight is 389 g/mol. The number of aryl methyl sites for hydroxylation is 1. The maximum atomic E-state index is 12.5. The molecule has 0 aliphatic carbocycles. The summed E-state index contributed by atoms with van der Waals surface area (Å²) in [6.07, 6.45) is 2.11. The summed E-state index contributed by atoms with van der Waals surface area (Å²) in [4.78, 5) is 13.1. The third-order valence-electron chi connectivity index (χ3n) is 4.20. The molecule has 0 fully saturated rings. The van der Waals surface area contributed by atoms with Crippen molar-refractivity contribution < 1.29 is 13.2 Å². The highest BCUT2D eigenvalue weighted by Crippen LogP contribution is 2.30. The van der Waals surface area contributed by atoms with Gasteiger partial charge >= 0.3 is 0 Å². The van der Waals surface area contributed by atoms with Gasteiger partial charge in [0, 0.05) is 17.4 Å². The predicted molar refractivity (Wildman–Crippen MR) is 109 cm³/mol. The topological polar surface area (TPSA) is 66.5 Å². The van der Waals surface area contributed by atoms with E-state index >= 15 is 0 Å². The molecular formula is C19H20N2O3S2. The summed E-state index contributed by atoms with van der Waals surface area (Å²) in [5.74, 6) is -0.173. The van der Waals surface area contributed by atoms with E-state index in [2.05, 4.69) is 12.2 Å². The average Bonchev–Trinajstić information content (AvgIpc) is 3.04. The summed E-state index contributed by atoms with van der Waals surface area (Å²) in [6, 6.07) is 14.9. The molecule has 3 rings (SSSR count). The smallest absolute Gasteiger partial charge is 0.265 e. The van der Waals surface area contributed by atoms with Crippen LogP contribution < -0.4 is 9.62 Å². The van der Waals surface area contributed by atoms with Crippen LogP contribution in [0.4, 0.5) is 11.4 Å². The van der Waals surface area contributed by atoms with Crippen LogP contribution in [0.5, 0.6) is 0 Å². The Morgan fingerprint density at radius 1 is 1.12 bits per heavy atom. The largest absolute Gasteiger partial charge is 0.321 e. The van der Waals surface area contributed by atoms with Crippen LogP contribution in [-0.4, -0.2) is 27.6 Å². The van der Waals surface area contributed by atoms with E-state index in [1.165, 1.54) is 28.3 Å². The number of fused-ring (bicyclic) bond motifs is 1. The molecule has 0 bridgehead atoms. The number of sulfonamides is 1. The molecule has 1 amide bonds. The molecule has 136 valence electrons. The number of carbonyl (C=O) groups excluding carboxylic acids is 1. The summed E-state index contributed by atoms with van der Waals surface area (Å²) in [6.45, 7) is 2.08. The van der Waals surface area contributed by atoms with Crippen molar-refractivity contribution in [3.05, 3.63) is 59.0 Å². The van der Waals surface area contributed by atoms with Gasteiger partial charge in [0.05, 0.1) is 16.8 Å². The van der Waals surface area contributed by atoms with Gasteiger partial charge in [-0.15, -0.1) is 11.3 Å². The van der Waals surface area contributed by atoms with E-state index in [4.69, 9.17) is 0 Å². The van der Waals surface area contributed by atoms with E-state index in [1.807, 2.05) is 30.3 Å². The second-order valence-corrected chi connectivity index (χ2v) is 9.17. The molecule has 0 aliphatic heterocycles. The fourth-order valence-electron chi connectivity index (χ4n) is 2.55. The number of hydrogen-bond acceptors (Lipinski definition) is 4. The maximum Gasteiger partial charge on any atom is 0.265 e. The number of nitrogens with one attached hydrogen (secondary N) is 1. The molecule has 0 spiro atoms. The monoisotopic (exact) mass is 388 g/mol. The second-order valence-electron chi connectivity index (χ2n) is 6.07. The molecule has 0 atom stereocenters. The Morgan fingerprint density at radius 2 is 1.81 bits per heavy atom. The Hall–Kier alpha value is -2.38. The molecule has 0 radical (unpaired) electrons. The lowest BCUT2D eigenvalue weighted by Gasteiger charge is -2.16. The van der Waals surface area contributed by atoms with E-state index in [0.717, 1.165) is 28.5 Å². The first kappa shape index (κ1) is 18.4. The van der Waals surface area contributed by atoms with Crippen LogP contribution in [0.25, 0.3) is 10.1 Å². The van der Waals surface area contributed by atoms with Crippen LogP contribution in [0.2, 0.25) is 0 Å². The lowest BCUT2D eigenvalue weighted by atomic mass is 10.1. The van der Waals surface area contributed by atoms with E-state index in [1.54, 1.807) is 18.2 Å². The van der Waals surface area contributed by atoms with Gasteiger partial charge in [-0.1, -0.05) is 19.1 Å². The van der Waals surface area contributed by atoms with Gasteiger partial charge in [-0.05, 0) is 53.8 Å². The summed E-state index contributed by atoms with van der Waals surface area (Å²) < 4.78 is 25.5. The highest BCUT2D eigenvalue weighted by Gasteiger charge is 2.15. The summed E-state index contributed by atoms with van der Waals surface area (Å²) in [5.41, 5.74) is 2.54. The predicted octanol–water partition coefficient (Wildman–Crippen LogP) is 4.11. The number of anilines is 2. The molecule has 1 heterocycles. The number of rotatable bonds is 5. The van der Waals surface area contributed by atoms with Gasteiger partial charge in [-0.2, -0.15) is 0 Å². The van der Waals surface area contributed by atoms with E-state index in [-0.39, 0.29) is 5.91 Å². The Kier molecular flexibility index (Phi) is 5.02. The quantitative estimate of drug-likeness (QED) is 0.715. The molecule has 26 heavy (non-hydrogen) atoms. The van der Waals surface area contributed by atoms with Crippen molar-refractivity contribution >= 4 is 48.7 Å². The first-order chi connectivity index (χ1) is 12.3. The molecule has 7 heteroatoms. The van der Waals surface area contributed by atoms with Crippen molar-refractivity contribution in [2.45, 2.75) is 13.3 Å². The minimum atomic E-state index is -3.32. The molecule has 2 aromatic carbocycles. The van der Waals surface area contributed by atoms with Gasteiger partial charge in [0.2, 0.25) is 10.0 Å². The highest BCUT2D eigenvalue weighted by molar-refractivity contribution is 7.92. The van der Waals surface area contributed by atoms with Crippen molar-refractivity contribution in [1.29, 1.82) is 0 Å². The van der Waals surface area contributed by atoms with Crippen LogP contribution in [0.1, 0.15) is 22.2 Å². The standard InChI is InChI=1S/C19H20N2O3S2/c1-4-13-5-7-15(8-6-13)20-19(22)18-12-14-11-16(9-10-17(14)25-18)21(2)26(3,23)24/h5-12H,4H2,1-3H3,(H,20,22). The number of nitrogens with zero attached hydrogens (tertiary/aromatic N) is 1. The molecule has 5 nitrogen and oxygen atoms in total. The molecule has 0 saturated carbocycles. The van der Waals surface area contributed by atoms with Crippen molar-refractivity contribution in [2.24, 2.45) is 0 Å². The number of thiophene rings is 1. The van der Waals surface area contributed by atoms with Gasteiger partial charge < -0.3 is 5.32 Å². The Balaban J connectivity index is 1.84. The second kappa shape index (κ2) is 7.09. The number of hydrogen-bond donors (Lipinski definition) is 1. The lowest BCUT2D eigenvalue weighted by molar-refractivity contribution is 0.103. The van der Waals surface area contributed by atoms with Gasteiger partial charge in [-0.25, -0.2) is 8.42 Å². The first-order valence-corrected chi connectivity index (χ1v) is 10.8. The Morgan fingerprint density at radius 3 is 2.42 bits per heavy atom.